The van der Waals surface area contributed by atoms with E-state index in [0.717, 1.165) is 44.0 Å². The zero-order valence-electron chi connectivity index (χ0n) is 28.2. The van der Waals surface area contributed by atoms with Crippen molar-refractivity contribution in [1.82, 2.24) is 9.97 Å². The first-order valence-electron chi connectivity index (χ1n) is 17.8. The number of para-hydroxylation sites is 1. The largest absolute Gasteiger partial charge is 0.245 e. The monoisotopic (exact) mass is 658 g/mol. The number of fused-ring (bicyclic) bond motifs is 11. The van der Waals surface area contributed by atoms with Crippen LogP contribution in [-0.2, 0) is 0 Å². The molecule has 0 saturated heterocycles. The van der Waals surface area contributed by atoms with Gasteiger partial charge in [0.25, 0.3) is 0 Å². The molecule has 2 aromatic heterocycles. The van der Waals surface area contributed by atoms with Crippen LogP contribution in [0.1, 0.15) is 0 Å². The first kappa shape index (κ1) is 28.9. The van der Waals surface area contributed by atoms with Crippen LogP contribution < -0.4 is 0 Å². The first-order chi connectivity index (χ1) is 25.8. The van der Waals surface area contributed by atoms with Gasteiger partial charge in [0, 0.05) is 27.3 Å². The van der Waals surface area contributed by atoms with Crippen molar-refractivity contribution in [3.05, 3.63) is 182 Å². The summed E-state index contributed by atoms with van der Waals surface area (Å²) < 4.78 is 0. The fourth-order valence-corrected chi connectivity index (χ4v) is 8.29. The lowest BCUT2D eigenvalue weighted by Gasteiger charge is -2.13. The minimum Gasteiger partial charge on any atom is -0.245 e. The maximum Gasteiger partial charge on any atom is 0.0978 e. The Morgan fingerprint density at radius 1 is 0.269 bits per heavy atom. The average Bonchev–Trinajstić information content (AvgIpc) is 3.22. The first-order valence-corrected chi connectivity index (χ1v) is 17.8. The van der Waals surface area contributed by atoms with E-state index in [1.54, 1.807) is 0 Å². The van der Waals surface area contributed by atoms with Crippen LogP contribution in [0.5, 0.6) is 0 Å². The minimum absolute atomic E-state index is 0.921. The molecule has 0 saturated carbocycles. The lowest BCUT2D eigenvalue weighted by Crippen LogP contribution is -1.93. The van der Waals surface area contributed by atoms with Gasteiger partial charge < -0.3 is 0 Å². The molecule has 0 radical (unpaired) electrons. The molecule has 0 N–H and O–H groups in total. The van der Waals surface area contributed by atoms with Crippen LogP contribution in [0.4, 0.5) is 0 Å². The molecule has 0 atom stereocenters. The fourth-order valence-electron chi connectivity index (χ4n) is 8.29. The van der Waals surface area contributed by atoms with E-state index in [9.17, 15) is 0 Å². The highest BCUT2D eigenvalue weighted by molar-refractivity contribution is 6.26. The SMILES string of the molecule is c1ccc(-c2c3ccccc3nc3c2ccc2ccc(-c4ccc5cc(-c6ccc7c8ccccc8c8ccccc8c7c6)ccc5c4)nc23)cc1. The van der Waals surface area contributed by atoms with Crippen LogP contribution in [0.3, 0.4) is 0 Å². The van der Waals surface area contributed by atoms with Crippen molar-refractivity contribution in [1.29, 1.82) is 0 Å². The van der Waals surface area contributed by atoms with E-state index in [2.05, 4.69) is 182 Å². The van der Waals surface area contributed by atoms with Crippen LogP contribution in [-0.4, -0.2) is 9.97 Å². The molecule has 9 aromatic carbocycles. The predicted octanol–water partition coefficient (Wildman–Crippen LogP) is 13.5. The van der Waals surface area contributed by atoms with E-state index in [4.69, 9.17) is 9.97 Å². The van der Waals surface area contributed by atoms with E-state index in [1.807, 2.05) is 0 Å². The summed E-state index contributed by atoms with van der Waals surface area (Å²) in [6, 6.07) is 65.7. The van der Waals surface area contributed by atoms with Crippen LogP contribution >= 0.6 is 0 Å². The van der Waals surface area contributed by atoms with Crippen LogP contribution in [0, 0.1) is 0 Å². The van der Waals surface area contributed by atoms with Gasteiger partial charge in [-0.15, -0.1) is 0 Å². The fraction of sp³-hybridized carbons (Fsp3) is 0. The standard InChI is InChI=1S/C50H30N2/c1-2-10-31(11-3-1)48-43-16-8-9-17-47(43)52-50-44(48)26-22-32-24-27-46(51-49(32)50)37-21-20-33-28-34(18-19-35(33)29-37)36-23-25-42-40-14-5-4-12-38(40)39-13-6-7-15-41(39)45(42)30-36/h1-30H. The van der Waals surface area contributed by atoms with Gasteiger partial charge in [0.2, 0.25) is 0 Å². The minimum atomic E-state index is 0.921. The van der Waals surface area contributed by atoms with E-state index in [1.165, 1.54) is 65.3 Å². The van der Waals surface area contributed by atoms with Gasteiger partial charge in [-0.2, -0.15) is 0 Å². The molecule has 2 nitrogen and oxygen atoms in total. The van der Waals surface area contributed by atoms with Gasteiger partial charge in [0.05, 0.1) is 22.2 Å². The van der Waals surface area contributed by atoms with Gasteiger partial charge in [-0.25, -0.2) is 9.97 Å². The van der Waals surface area contributed by atoms with E-state index in [-0.39, 0.29) is 0 Å². The average molecular weight is 659 g/mol. The third kappa shape index (κ3) is 4.44. The summed E-state index contributed by atoms with van der Waals surface area (Å²) in [7, 11) is 0. The molecule has 2 heteroatoms. The molecule has 0 unspecified atom stereocenters. The van der Waals surface area contributed by atoms with Crippen LogP contribution in [0.15, 0.2) is 182 Å². The second-order valence-corrected chi connectivity index (χ2v) is 13.7. The number of pyridine rings is 2. The second-order valence-electron chi connectivity index (χ2n) is 13.7. The maximum atomic E-state index is 5.30. The number of hydrogen-bond acceptors (Lipinski definition) is 2. The molecule has 240 valence electrons. The van der Waals surface area contributed by atoms with E-state index in [0.29, 0.717) is 0 Å². The van der Waals surface area contributed by atoms with Crippen molar-refractivity contribution in [3.63, 3.8) is 0 Å². The normalized spacial score (nSPS) is 11.8. The van der Waals surface area contributed by atoms with Gasteiger partial charge >= 0.3 is 0 Å². The van der Waals surface area contributed by atoms with Crippen molar-refractivity contribution in [2.75, 3.05) is 0 Å². The summed E-state index contributed by atoms with van der Waals surface area (Å²) in [6.07, 6.45) is 0. The summed E-state index contributed by atoms with van der Waals surface area (Å²) in [5.74, 6) is 0. The molecular weight excluding hydrogens is 629 g/mol. The number of aromatic nitrogens is 2. The van der Waals surface area contributed by atoms with Gasteiger partial charge in [-0.3, -0.25) is 0 Å². The Hall–Kier alpha value is -6.90. The number of nitrogens with zero attached hydrogens (tertiary/aromatic N) is 2. The number of benzene rings is 9. The zero-order valence-corrected chi connectivity index (χ0v) is 28.2. The Labute approximate surface area is 300 Å². The molecule has 0 bridgehead atoms. The highest BCUT2D eigenvalue weighted by Crippen LogP contribution is 2.39. The molecule has 52 heavy (non-hydrogen) atoms. The maximum absolute atomic E-state index is 5.30. The lowest BCUT2D eigenvalue weighted by molar-refractivity contribution is 1.39. The van der Waals surface area contributed by atoms with E-state index >= 15 is 0 Å². The van der Waals surface area contributed by atoms with Crippen LogP contribution in [0.25, 0.3) is 109 Å². The zero-order chi connectivity index (χ0) is 34.2. The Morgan fingerprint density at radius 3 is 1.54 bits per heavy atom. The Bertz CT molecular complexity index is 3200. The highest BCUT2D eigenvalue weighted by atomic mass is 14.8. The molecule has 2 heterocycles. The molecule has 0 spiro atoms. The summed E-state index contributed by atoms with van der Waals surface area (Å²) in [4.78, 5) is 10.5. The Kier molecular flexibility index (Phi) is 6.28. The third-order valence-corrected chi connectivity index (χ3v) is 10.8. The van der Waals surface area contributed by atoms with Gasteiger partial charge in [0.15, 0.2) is 0 Å². The molecule has 0 aliphatic rings. The Morgan fingerprint density at radius 2 is 0.788 bits per heavy atom. The highest BCUT2D eigenvalue weighted by Gasteiger charge is 2.15. The molecule has 11 rings (SSSR count). The van der Waals surface area contributed by atoms with E-state index < -0.39 is 0 Å². The van der Waals surface area contributed by atoms with Gasteiger partial charge in [-0.05, 0) is 90.1 Å². The molecule has 0 aliphatic heterocycles. The van der Waals surface area contributed by atoms with Crippen molar-refractivity contribution in [3.8, 4) is 33.5 Å². The van der Waals surface area contributed by atoms with Crippen molar-refractivity contribution in [2.45, 2.75) is 0 Å². The topological polar surface area (TPSA) is 25.8 Å². The number of rotatable bonds is 3. The summed E-state index contributed by atoms with van der Waals surface area (Å²) >= 11 is 0. The molecule has 0 amide bonds. The van der Waals surface area contributed by atoms with Gasteiger partial charge in [-0.1, -0.05) is 152 Å². The van der Waals surface area contributed by atoms with Gasteiger partial charge in [0.1, 0.15) is 0 Å². The van der Waals surface area contributed by atoms with Crippen molar-refractivity contribution in [2.24, 2.45) is 0 Å². The summed E-state index contributed by atoms with van der Waals surface area (Å²) in [5, 5.41) is 13.5. The molecular formula is C50H30N2. The van der Waals surface area contributed by atoms with Crippen molar-refractivity contribution >= 4 is 75.8 Å². The lowest BCUT2D eigenvalue weighted by atomic mass is 9.91. The second kappa shape index (κ2) is 11.3. The quantitative estimate of drug-likeness (QED) is 0.139. The van der Waals surface area contributed by atoms with Crippen molar-refractivity contribution < 1.29 is 0 Å². The predicted molar refractivity (Wildman–Crippen MR) is 221 cm³/mol. The Balaban J connectivity index is 1.03. The smallest absolute Gasteiger partial charge is 0.0978 e. The molecule has 11 aromatic rings. The molecule has 0 aliphatic carbocycles. The summed E-state index contributed by atoms with van der Waals surface area (Å²) in [6.45, 7) is 0. The summed E-state index contributed by atoms with van der Waals surface area (Å²) in [5.41, 5.74) is 9.67. The molecule has 0 fully saturated rings. The number of hydrogen-bond donors (Lipinski definition) is 0. The third-order valence-electron chi connectivity index (χ3n) is 10.8. The van der Waals surface area contributed by atoms with Crippen LogP contribution in [0.2, 0.25) is 0 Å².